The highest BCUT2D eigenvalue weighted by Gasteiger charge is 2.32. The summed E-state index contributed by atoms with van der Waals surface area (Å²) >= 11 is 3.09. The molecule has 1 heterocycles. The third-order valence-electron chi connectivity index (χ3n) is 3.62. The first kappa shape index (κ1) is 16.0. The van der Waals surface area contributed by atoms with Crippen molar-refractivity contribution in [2.24, 2.45) is 0 Å². The van der Waals surface area contributed by atoms with Gasteiger partial charge in [0.25, 0.3) is 5.69 Å². The first-order chi connectivity index (χ1) is 11.1. The minimum atomic E-state index is -0.421. The summed E-state index contributed by atoms with van der Waals surface area (Å²) in [6.07, 6.45) is 2.17. The number of hydrogen-bond donors (Lipinski definition) is 0. The summed E-state index contributed by atoms with van der Waals surface area (Å²) in [5.74, 6) is 0.490. The van der Waals surface area contributed by atoms with Crippen molar-refractivity contribution >= 4 is 34.7 Å². The molecular weight excluding hydrogens is 332 g/mol. The molecule has 0 N–H and O–H groups in total. The number of carbonyl (C=O) groups excluding carboxylic acids is 1. The molecule has 120 valence electrons. The molecule has 0 unspecified atom stereocenters. The van der Waals surface area contributed by atoms with Crippen LogP contribution in [-0.2, 0) is 11.3 Å². The van der Waals surface area contributed by atoms with Gasteiger partial charge in [0, 0.05) is 27.9 Å². The van der Waals surface area contributed by atoms with Crippen LogP contribution in [0.5, 0.6) is 0 Å². The Kier molecular flexibility index (Phi) is 4.97. The van der Waals surface area contributed by atoms with Gasteiger partial charge in [0.1, 0.15) is 0 Å². The van der Waals surface area contributed by atoms with E-state index in [1.807, 2.05) is 16.3 Å². The summed E-state index contributed by atoms with van der Waals surface area (Å²) in [4.78, 5) is 26.8. The number of thioether (sulfide) groups is 1. The zero-order valence-corrected chi connectivity index (χ0v) is 14.0. The van der Waals surface area contributed by atoms with Crippen LogP contribution in [0.15, 0.2) is 46.7 Å². The van der Waals surface area contributed by atoms with Crippen LogP contribution < -0.4 is 0 Å². The van der Waals surface area contributed by atoms with Crippen molar-refractivity contribution in [2.75, 3.05) is 5.75 Å². The maximum Gasteiger partial charge on any atom is 0.269 e. The number of non-ortho nitro benzene ring substituents is 1. The van der Waals surface area contributed by atoms with Crippen LogP contribution in [-0.4, -0.2) is 27.5 Å². The van der Waals surface area contributed by atoms with Gasteiger partial charge >= 0.3 is 0 Å². The van der Waals surface area contributed by atoms with Crippen LogP contribution in [0.2, 0.25) is 0 Å². The van der Waals surface area contributed by atoms with Crippen molar-refractivity contribution in [1.82, 2.24) is 4.90 Å². The first-order valence-corrected chi connectivity index (χ1v) is 9.19. The summed E-state index contributed by atoms with van der Waals surface area (Å²) in [7, 11) is 0. The van der Waals surface area contributed by atoms with Gasteiger partial charge in [-0.25, -0.2) is 0 Å². The molecule has 3 rings (SSSR count). The lowest BCUT2D eigenvalue weighted by Crippen LogP contribution is -2.33. The van der Waals surface area contributed by atoms with Gasteiger partial charge < -0.3 is 4.90 Å². The van der Waals surface area contributed by atoms with Gasteiger partial charge in [0.15, 0.2) is 0 Å². The summed E-state index contributed by atoms with van der Waals surface area (Å²) in [6.45, 7) is 0.683. The van der Waals surface area contributed by atoms with Crippen LogP contribution in [0.3, 0.4) is 0 Å². The number of nitro benzene ring substituents is 1. The first-order valence-electron chi connectivity index (χ1n) is 7.32. The number of thiophene rings is 1. The summed E-state index contributed by atoms with van der Waals surface area (Å²) in [5, 5.41) is 12.7. The van der Waals surface area contributed by atoms with E-state index in [0.29, 0.717) is 18.3 Å². The molecule has 1 aliphatic rings. The Morgan fingerprint density at radius 2 is 2.04 bits per heavy atom. The lowest BCUT2D eigenvalue weighted by Gasteiger charge is -2.21. The largest absolute Gasteiger partial charge is 0.334 e. The fraction of sp³-hybridized carbons (Fsp3) is 0.312. The second-order valence-electron chi connectivity index (χ2n) is 5.37. The minimum absolute atomic E-state index is 0.0676. The second kappa shape index (κ2) is 7.14. The van der Waals surface area contributed by atoms with E-state index in [2.05, 4.69) is 6.07 Å². The number of hydrogen-bond acceptors (Lipinski definition) is 5. The lowest BCUT2D eigenvalue weighted by molar-refractivity contribution is -0.384. The molecule has 1 saturated carbocycles. The van der Waals surface area contributed by atoms with Crippen molar-refractivity contribution in [2.45, 2.75) is 30.3 Å². The van der Waals surface area contributed by atoms with Crippen LogP contribution in [0.4, 0.5) is 5.69 Å². The molecule has 0 aliphatic heterocycles. The van der Waals surface area contributed by atoms with E-state index in [1.165, 1.54) is 28.8 Å². The summed E-state index contributed by atoms with van der Waals surface area (Å²) < 4.78 is 0. The van der Waals surface area contributed by atoms with Crippen LogP contribution in [0.1, 0.15) is 17.7 Å². The standard InChI is InChI=1S/C16H16N2O3S2/c19-16(11-23-14-7-5-13(6-8-14)18(20)21)17(12-3-4-12)10-15-2-1-9-22-15/h1-2,5-9,12H,3-4,10-11H2. The Hall–Kier alpha value is -1.86. The van der Waals surface area contributed by atoms with Crippen LogP contribution in [0, 0.1) is 10.1 Å². The Balaban J connectivity index is 1.57. The Morgan fingerprint density at radius 1 is 1.30 bits per heavy atom. The van der Waals surface area contributed by atoms with Gasteiger partial charge in [-0.3, -0.25) is 14.9 Å². The SMILES string of the molecule is O=C(CSc1ccc([N+](=O)[O-])cc1)N(Cc1cccs1)C1CC1. The van der Waals surface area contributed by atoms with Crippen molar-refractivity contribution in [3.05, 3.63) is 56.8 Å². The minimum Gasteiger partial charge on any atom is -0.334 e. The molecule has 1 fully saturated rings. The van der Waals surface area contributed by atoms with Crippen molar-refractivity contribution in [3.8, 4) is 0 Å². The number of carbonyl (C=O) groups is 1. The molecular formula is C16H16N2O3S2. The zero-order valence-electron chi connectivity index (χ0n) is 12.4. The van der Waals surface area contributed by atoms with E-state index >= 15 is 0 Å². The van der Waals surface area contributed by atoms with Crippen LogP contribution >= 0.6 is 23.1 Å². The normalized spacial score (nSPS) is 13.7. The van der Waals surface area contributed by atoms with E-state index in [1.54, 1.807) is 23.5 Å². The maximum absolute atomic E-state index is 12.5. The number of rotatable bonds is 7. The zero-order chi connectivity index (χ0) is 16.2. The molecule has 0 radical (unpaired) electrons. The Morgan fingerprint density at radius 3 is 2.61 bits per heavy atom. The van der Waals surface area contributed by atoms with E-state index in [0.717, 1.165) is 17.7 Å². The number of nitrogens with zero attached hydrogens (tertiary/aromatic N) is 2. The average Bonchev–Trinajstić information content (AvgIpc) is 3.26. The Bertz CT molecular complexity index is 682. The molecule has 1 amide bonds. The van der Waals surface area contributed by atoms with E-state index in [4.69, 9.17) is 0 Å². The fourth-order valence-electron chi connectivity index (χ4n) is 2.27. The molecule has 0 bridgehead atoms. The third-order valence-corrected chi connectivity index (χ3v) is 5.48. The smallest absolute Gasteiger partial charge is 0.269 e. The molecule has 0 spiro atoms. The highest BCUT2D eigenvalue weighted by Crippen LogP contribution is 2.30. The number of nitro groups is 1. The molecule has 0 saturated heterocycles. The summed E-state index contributed by atoms with van der Waals surface area (Å²) in [5.41, 5.74) is 0.0676. The van der Waals surface area contributed by atoms with Crippen molar-refractivity contribution in [3.63, 3.8) is 0 Å². The maximum atomic E-state index is 12.5. The van der Waals surface area contributed by atoms with Crippen molar-refractivity contribution < 1.29 is 9.72 Å². The van der Waals surface area contributed by atoms with E-state index in [-0.39, 0.29) is 11.6 Å². The molecule has 23 heavy (non-hydrogen) atoms. The predicted octanol–water partition coefficient (Wildman–Crippen LogP) is 3.94. The molecule has 1 aliphatic carbocycles. The second-order valence-corrected chi connectivity index (χ2v) is 7.45. The molecule has 0 atom stereocenters. The highest BCUT2D eigenvalue weighted by molar-refractivity contribution is 8.00. The molecule has 2 aromatic rings. The molecule has 5 nitrogen and oxygen atoms in total. The molecule has 1 aromatic carbocycles. The quantitative estimate of drug-likeness (QED) is 0.432. The number of amides is 1. The topological polar surface area (TPSA) is 63.4 Å². The predicted molar refractivity (Wildman–Crippen MR) is 91.7 cm³/mol. The van der Waals surface area contributed by atoms with Crippen molar-refractivity contribution in [1.29, 1.82) is 0 Å². The van der Waals surface area contributed by atoms with Gasteiger partial charge in [0.05, 0.1) is 17.2 Å². The van der Waals surface area contributed by atoms with Gasteiger partial charge in [0.2, 0.25) is 5.91 Å². The molecule has 7 heteroatoms. The van der Waals surface area contributed by atoms with Crippen LogP contribution in [0.25, 0.3) is 0 Å². The third kappa shape index (κ3) is 4.33. The van der Waals surface area contributed by atoms with Gasteiger partial charge in [-0.05, 0) is 36.4 Å². The lowest BCUT2D eigenvalue weighted by atomic mass is 10.3. The van der Waals surface area contributed by atoms with Gasteiger partial charge in [-0.15, -0.1) is 23.1 Å². The molecule has 1 aromatic heterocycles. The van der Waals surface area contributed by atoms with Gasteiger partial charge in [-0.2, -0.15) is 0 Å². The van der Waals surface area contributed by atoms with E-state index in [9.17, 15) is 14.9 Å². The van der Waals surface area contributed by atoms with Gasteiger partial charge in [-0.1, -0.05) is 6.07 Å². The number of benzene rings is 1. The average molecular weight is 348 g/mol. The summed E-state index contributed by atoms with van der Waals surface area (Å²) in [6, 6.07) is 10.8. The van der Waals surface area contributed by atoms with E-state index < -0.39 is 4.92 Å². The fourth-order valence-corrected chi connectivity index (χ4v) is 3.76. The Labute approximate surface area is 142 Å². The monoisotopic (exact) mass is 348 g/mol. The highest BCUT2D eigenvalue weighted by atomic mass is 32.2.